The first-order chi connectivity index (χ1) is 6.88. The molecule has 0 bridgehead atoms. The monoisotopic (exact) mass is 249 g/mol. The average Bonchev–Trinajstić information content (AvgIpc) is 2.47. The number of aryl methyl sites for hydroxylation is 1. The van der Waals surface area contributed by atoms with Gasteiger partial charge in [0.25, 0.3) is 10.0 Å². The standard InChI is InChI=1S/C8H12ClN3O2S/c1-4-6(2)11-15(13,14)8-7(9)12(3)5-10-8/h4-6,11H,1H2,2-3H3. The predicted molar refractivity (Wildman–Crippen MR) is 58.2 cm³/mol. The minimum Gasteiger partial charge on any atom is -0.324 e. The maximum atomic E-state index is 11.7. The van der Waals surface area contributed by atoms with E-state index in [2.05, 4.69) is 16.3 Å². The van der Waals surface area contributed by atoms with E-state index in [0.717, 1.165) is 0 Å². The molecular formula is C8H12ClN3O2S. The molecule has 0 spiro atoms. The number of hydrogen-bond acceptors (Lipinski definition) is 3. The Morgan fingerprint density at radius 1 is 1.73 bits per heavy atom. The molecule has 0 aliphatic carbocycles. The maximum Gasteiger partial charge on any atom is 0.261 e. The summed E-state index contributed by atoms with van der Waals surface area (Å²) in [5.74, 6) is 0. The molecule has 1 aromatic rings. The molecule has 0 fully saturated rings. The van der Waals surface area contributed by atoms with Gasteiger partial charge in [0.05, 0.1) is 6.33 Å². The van der Waals surface area contributed by atoms with Gasteiger partial charge in [-0.2, -0.15) is 0 Å². The van der Waals surface area contributed by atoms with Crippen LogP contribution in [-0.2, 0) is 17.1 Å². The third-order valence-corrected chi connectivity index (χ3v) is 3.83. The molecule has 5 nitrogen and oxygen atoms in total. The lowest BCUT2D eigenvalue weighted by atomic mass is 10.4. The lowest BCUT2D eigenvalue weighted by Crippen LogP contribution is -2.31. The molecule has 7 heteroatoms. The third-order valence-electron chi connectivity index (χ3n) is 1.78. The van der Waals surface area contributed by atoms with Gasteiger partial charge in [0, 0.05) is 13.1 Å². The van der Waals surface area contributed by atoms with Gasteiger partial charge in [-0.05, 0) is 6.92 Å². The molecule has 0 aliphatic rings. The predicted octanol–water partition coefficient (Wildman–Crippen LogP) is 0.926. The Hall–Kier alpha value is -0.850. The number of halogens is 1. The van der Waals surface area contributed by atoms with Gasteiger partial charge < -0.3 is 4.57 Å². The van der Waals surface area contributed by atoms with Gasteiger partial charge in [-0.15, -0.1) is 6.58 Å². The second-order valence-electron chi connectivity index (χ2n) is 3.10. The lowest BCUT2D eigenvalue weighted by molar-refractivity contribution is 0.573. The Kier molecular flexibility index (Phi) is 3.54. The fraction of sp³-hybridized carbons (Fsp3) is 0.375. The summed E-state index contributed by atoms with van der Waals surface area (Å²) in [4.78, 5) is 3.72. The van der Waals surface area contributed by atoms with Crippen LogP contribution in [0.4, 0.5) is 0 Å². The van der Waals surface area contributed by atoms with Crippen molar-refractivity contribution in [2.24, 2.45) is 7.05 Å². The molecule has 0 saturated carbocycles. The van der Waals surface area contributed by atoms with Crippen LogP contribution in [0.2, 0.25) is 5.15 Å². The van der Waals surface area contributed by atoms with Gasteiger partial charge in [0.15, 0.2) is 0 Å². The molecule has 0 saturated heterocycles. The normalized spacial score (nSPS) is 13.8. The van der Waals surface area contributed by atoms with E-state index in [1.807, 2.05) is 0 Å². The van der Waals surface area contributed by atoms with Crippen molar-refractivity contribution in [3.8, 4) is 0 Å². The van der Waals surface area contributed by atoms with E-state index < -0.39 is 10.0 Å². The highest BCUT2D eigenvalue weighted by molar-refractivity contribution is 7.89. The topological polar surface area (TPSA) is 64.0 Å². The van der Waals surface area contributed by atoms with Crippen LogP contribution in [-0.4, -0.2) is 24.0 Å². The minimum absolute atomic E-state index is 0.0822. The van der Waals surface area contributed by atoms with Crippen LogP contribution in [0.15, 0.2) is 24.0 Å². The summed E-state index contributed by atoms with van der Waals surface area (Å²) in [6.45, 7) is 5.15. The Labute approximate surface area is 93.8 Å². The van der Waals surface area contributed by atoms with Crippen molar-refractivity contribution in [3.05, 3.63) is 24.1 Å². The Balaban J connectivity index is 3.07. The molecule has 0 aromatic carbocycles. The zero-order valence-corrected chi connectivity index (χ0v) is 10.0. The average molecular weight is 250 g/mol. The van der Waals surface area contributed by atoms with Crippen molar-refractivity contribution in [1.29, 1.82) is 0 Å². The van der Waals surface area contributed by atoms with Gasteiger partial charge in [0.1, 0.15) is 5.15 Å². The van der Waals surface area contributed by atoms with E-state index in [9.17, 15) is 8.42 Å². The molecule has 1 N–H and O–H groups in total. The van der Waals surface area contributed by atoms with Crippen molar-refractivity contribution in [3.63, 3.8) is 0 Å². The Morgan fingerprint density at radius 2 is 2.33 bits per heavy atom. The number of nitrogens with zero attached hydrogens (tertiary/aromatic N) is 2. The summed E-state index contributed by atoms with van der Waals surface area (Å²) < 4.78 is 27.2. The zero-order valence-electron chi connectivity index (χ0n) is 8.44. The molecule has 0 aliphatic heterocycles. The number of nitrogens with one attached hydrogen (secondary N) is 1. The van der Waals surface area contributed by atoms with Crippen molar-refractivity contribution < 1.29 is 8.42 Å². The van der Waals surface area contributed by atoms with Crippen LogP contribution < -0.4 is 4.72 Å². The quantitative estimate of drug-likeness (QED) is 0.808. The van der Waals surface area contributed by atoms with Gasteiger partial charge in [-0.1, -0.05) is 17.7 Å². The van der Waals surface area contributed by atoms with E-state index in [1.54, 1.807) is 14.0 Å². The fourth-order valence-electron chi connectivity index (χ4n) is 0.923. The van der Waals surface area contributed by atoms with Gasteiger partial charge in [0.2, 0.25) is 5.03 Å². The number of imidazole rings is 1. The molecule has 0 amide bonds. The second-order valence-corrected chi connectivity index (χ2v) is 5.08. The Morgan fingerprint density at radius 3 is 2.73 bits per heavy atom. The highest BCUT2D eigenvalue weighted by Crippen LogP contribution is 2.18. The molecule has 1 unspecified atom stereocenters. The van der Waals surface area contributed by atoms with Crippen molar-refractivity contribution in [2.75, 3.05) is 0 Å². The van der Waals surface area contributed by atoms with E-state index in [-0.39, 0.29) is 16.2 Å². The molecule has 84 valence electrons. The van der Waals surface area contributed by atoms with Crippen LogP contribution in [0.1, 0.15) is 6.92 Å². The molecule has 1 rings (SSSR count). The third kappa shape index (κ3) is 2.58. The zero-order chi connectivity index (χ0) is 11.6. The summed E-state index contributed by atoms with van der Waals surface area (Å²) >= 11 is 5.78. The smallest absolute Gasteiger partial charge is 0.261 e. The number of hydrogen-bond donors (Lipinski definition) is 1. The highest BCUT2D eigenvalue weighted by atomic mass is 35.5. The summed E-state index contributed by atoms with van der Waals surface area (Å²) in [6, 6.07) is -0.368. The van der Waals surface area contributed by atoms with Crippen LogP contribution >= 0.6 is 11.6 Å². The SMILES string of the molecule is C=CC(C)NS(=O)(=O)c1ncn(C)c1Cl. The van der Waals surface area contributed by atoms with Crippen LogP contribution in [0, 0.1) is 0 Å². The molecule has 1 aromatic heterocycles. The molecule has 1 atom stereocenters. The minimum atomic E-state index is -3.67. The van der Waals surface area contributed by atoms with Crippen molar-refractivity contribution in [2.45, 2.75) is 18.0 Å². The summed E-state index contributed by atoms with van der Waals surface area (Å²) in [7, 11) is -2.05. The summed E-state index contributed by atoms with van der Waals surface area (Å²) in [5.41, 5.74) is 0. The summed E-state index contributed by atoms with van der Waals surface area (Å²) in [6.07, 6.45) is 2.82. The molecule has 1 heterocycles. The van der Waals surface area contributed by atoms with Crippen LogP contribution in [0.5, 0.6) is 0 Å². The Bertz CT molecular complexity index is 466. The summed E-state index contributed by atoms with van der Waals surface area (Å²) in [5, 5.41) is -0.0841. The first kappa shape index (κ1) is 12.2. The first-order valence-electron chi connectivity index (χ1n) is 4.20. The van der Waals surface area contributed by atoms with Crippen LogP contribution in [0.25, 0.3) is 0 Å². The molecule has 15 heavy (non-hydrogen) atoms. The van der Waals surface area contributed by atoms with Gasteiger partial charge in [-0.3, -0.25) is 0 Å². The fourth-order valence-corrected chi connectivity index (χ4v) is 2.57. The maximum absolute atomic E-state index is 11.7. The van der Waals surface area contributed by atoms with E-state index in [1.165, 1.54) is 17.0 Å². The highest BCUT2D eigenvalue weighted by Gasteiger charge is 2.23. The lowest BCUT2D eigenvalue weighted by Gasteiger charge is -2.08. The number of rotatable bonds is 4. The number of sulfonamides is 1. The number of aromatic nitrogens is 2. The van der Waals surface area contributed by atoms with E-state index in [0.29, 0.717) is 0 Å². The van der Waals surface area contributed by atoms with Crippen molar-refractivity contribution >= 4 is 21.6 Å². The first-order valence-corrected chi connectivity index (χ1v) is 6.06. The van der Waals surface area contributed by atoms with Crippen LogP contribution in [0.3, 0.4) is 0 Å². The van der Waals surface area contributed by atoms with Crippen molar-refractivity contribution in [1.82, 2.24) is 14.3 Å². The van der Waals surface area contributed by atoms with E-state index >= 15 is 0 Å². The van der Waals surface area contributed by atoms with Gasteiger partial charge in [-0.25, -0.2) is 18.1 Å². The largest absolute Gasteiger partial charge is 0.324 e. The molecule has 0 radical (unpaired) electrons. The second kappa shape index (κ2) is 4.34. The van der Waals surface area contributed by atoms with E-state index in [4.69, 9.17) is 11.6 Å². The molecular weight excluding hydrogens is 238 g/mol. The van der Waals surface area contributed by atoms with Gasteiger partial charge >= 0.3 is 0 Å².